The van der Waals surface area contributed by atoms with E-state index in [1.165, 1.54) is 28.6 Å². The zero-order valence-corrected chi connectivity index (χ0v) is 14.4. The molecular formula is C17H19N3O4S. The molecule has 1 heterocycles. The lowest BCUT2D eigenvalue weighted by Crippen LogP contribution is -2.46. The van der Waals surface area contributed by atoms with Gasteiger partial charge in [0.05, 0.1) is 15.5 Å². The number of non-ortho nitro benzene ring substituents is 1. The number of piperidine rings is 1. The van der Waals surface area contributed by atoms with Crippen molar-refractivity contribution in [2.75, 3.05) is 17.4 Å². The van der Waals surface area contributed by atoms with E-state index in [0.29, 0.717) is 18.5 Å². The lowest BCUT2D eigenvalue weighted by Gasteiger charge is -2.35. The van der Waals surface area contributed by atoms with Crippen LogP contribution in [0.3, 0.4) is 0 Å². The number of rotatable bonds is 5. The van der Waals surface area contributed by atoms with Crippen LogP contribution in [0.4, 0.5) is 11.4 Å². The molecule has 0 unspecified atom stereocenters. The van der Waals surface area contributed by atoms with Gasteiger partial charge in [0.2, 0.25) is 0 Å². The first-order valence-corrected chi connectivity index (χ1v) is 9.49. The maximum Gasteiger partial charge on any atom is 0.269 e. The second-order valence-corrected chi connectivity index (χ2v) is 7.68. The zero-order chi connectivity index (χ0) is 17.9. The van der Waals surface area contributed by atoms with E-state index < -0.39 is 14.9 Å². The summed E-state index contributed by atoms with van der Waals surface area (Å²) in [6.45, 7) is 1.51. The highest BCUT2D eigenvalue weighted by Gasteiger charge is 2.32. The summed E-state index contributed by atoms with van der Waals surface area (Å²) in [5.41, 5.74) is 0.472. The van der Waals surface area contributed by atoms with Gasteiger partial charge in [0.15, 0.2) is 0 Å². The molecule has 0 saturated carbocycles. The van der Waals surface area contributed by atoms with E-state index in [1.807, 2.05) is 6.07 Å². The molecule has 1 N–H and O–H groups in total. The third-order valence-electron chi connectivity index (χ3n) is 4.26. The Labute approximate surface area is 146 Å². The molecular weight excluding hydrogens is 342 g/mol. The average molecular weight is 361 g/mol. The van der Waals surface area contributed by atoms with Gasteiger partial charge in [-0.2, -0.15) is 0 Å². The van der Waals surface area contributed by atoms with E-state index in [-0.39, 0.29) is 16.6 Å². The van der Waals surface area contributed by atoms with Gasteiger partial charge in [-0.25, -0.2) is 8.42 Å². The quantitative estimate of drug-likeness (QED) is 0.652. The number of nitro benzene ring substituents is 1. The van der Waals surface area contributed by atoms with Crippen molar-refractivity contribution in [1.29, 1.82) is 0 Å². The number of anilines is 1. The fraction of sp³-hybridized carbons (Fsp3) is 0.294. The van der Waals surface area contributed by atoms with Crippen LogP contribution in [0.1, 0.15) is 12.8 Å². The zero-order valence-electron chi connectivity index (χ0n) is 13.5. The number of nitrogens with one attached hydrogen (secondary N) is 1. The van der Waals surface area contributed by atoms with Crippen molar-refractivity contribution in [3.05, 3.63) is 64.7 Å². The number of para-hydroxylation sites is 1. The maximum atomic E-state index is 13.2. The summed E-state index contributed by atoms with van der Waals surface area (Å²) in [5, 5.41) is 14.0. The Hall–Kier alpha value is -2.45. The van der Waals surface area contributed by atoms with Crippen molar-refractivity contribution in [3.8, 4) is 0 Å². The minimum atomic E-state index is -3.81. The van der Waals surface area contributed by atoms with Crippen LogP contribution in [0, 0.1) is 10.1 Å². The molecule has 1 aliphatic heterocycles. The highest BCUT2D eigenvalue weighted by atomic mass is 32.2. The first kappa shape index (κ1) is 17.4. The number of nitro groups is 1. The van der Waals surface area contributed by atoms with Gasteiger partial charge in [0, 0.05) is 18.2 Å². The number of benzene rings is 2. The predicted molar refractivity (Wildman–Crippen MR) is 95.1 cm³/mol. The molecule has 1 aliphatic rings. The molecule has 8 heteroatoms. The van der Waals surface area contributed by atoms with Crippen LogP contribution < -0.4 is 9.62 Å². The number of nitrogens with zero attached hydrogens (tertiary/aromatic N) is 2. The molecule has 2 aromatic carbocycles. The van der Waals surface area contributed by atoms with Crippen molar-refractivity contribution >= 4 is 21.4 Å². The van der Waals surface area contributed by atoms with Crippen LogP contribution in [-0.4, -0.2) is 32.5 Å². The van der Waals surface area contributed by atoms with Gasteiger partial charge in [0.1, 0.15) is 0 Å². The number of hydrogen-bond donors (Lipinski definition) is 1. The molecule has 1 saturated heterocycles. The summed E-state index contributed by atoms with van der Waals surface area (Å²) in [4.78, 5) is 10.3. The molecule has 2 aromatic rings. The van der Waals surface area contributed by atoms with Crippen LogP contribution in [0.25, 0.3) is 0 Å². The Morgan fingerprint density at radius 2 is 1.60 bits per heavy atom. The van der Waals surface area contributed by atoms with E-state index in [1.54, 1.807) is 24.3 Å². The predicted octanol–water partition coefficient (Wildman–Crippen LogP) is 2.54. The third kappa shape index (κ3) is 3.64. The third-order valence-corrected chi connectivity index (χ3v) is 6.15. The SMILES string of the molecule is O=[N+]([O-])c1ccc(S(=O)(=O)N(c2ccccc2)C2CCNCC2)cc1. The van der Waals surface area contributed by atoms with E-state index in [4.69, 9.17) is 0 Å². The van der Waals surface area contributed by atoms with Gasteiger partial charge in [-0.1, -0.05) is 18.2 Å². The van der Waals surface area contributed by atoms with E-state index >= 15 is 0 Å². The lowest BCUT2D eigenvalue weighted by atomic mass is 10.1. The summed E-state index contributed by atoms with van der Waals surface area (Å²) in [6, 6.07) is 13.9. The first-order chi connectivity index (χ1) is 12.0. The molecule has 3 rings (SSSR count). The molecule has 25 heavy (non-hydrogen) atoms. The lowest BCUT2D eigenvalue weighted by molar-refractivity contribution is -0.384. The van der Waals surface area contributed by atoms with E-state index in [9.17, 15) is 18.5 Å². The van der Waals surface area contributed by atoms with E-state index in [0.717, 1.165) is 13.1 Å². The van der Waals surface area contributed by atoms with Gasteiger partial charge < -0.3 is 5.32 Å². The Morgan fingerprint density at radius 3 is 2.16 bits per heavy atom. The topological polar surface area (TPSA) is 92.5 Å². The standard InChI is InChI=1S/C17H19N3O4S/c21-20(22)16-6-8-17(9-7-16)25(23,24)19(14-4-2-1-3-5-14)15-10-12-18-13-11-15/h1-9,15,18H,10-13H2. The second kappa shape index (κ2) is 7.20. The molecule has 0 amide bonds. The summed E-state index contributed by atoms with van der Waals surface area (Å²) in [6.07, 6.45) is 1.42. The minimum Gasteiger partial charge on any atom is -0.317 e. The van der Waals surface area contributed by atoms with Gasteiger partial charge in [0.25, 0.3) is 15.7 Å². The van der Waals surface area contributed by atoms with Crippen molar-refractivity contribution in [1.82, 2.24) is 5.32 Å². The van der Waals surface area contributed by atoms with Crippen molar-refractivity contribution < 1.29 is 13.3 Å². The Kier molecular flexibility index (Phi) is 5.00. The van der Waals surface area contributed by atoms with Crippen LogP contribution in [0.15, 0.2) is 59.5 Å². The summed E-state index contributed by atoms with van der Waals surface area (Å²) in [7, 11) is -3.81. The van der Waals surface area contributed by atoms with Gasteiger partial charge in [-0.15, -0.1) is 0 Å². The molecule has 0 bridgehead atoms. The molecule has 132 valence electrons. The number of hydrogen-bond acceptors (Lipinski definition) is 5. The van der Waals surface area contributed by atoms with Gasteiger partial charge in [-0.05, 0) is 50.2 Å². The molecule has 0 radical (unpaired) electrons. The van der Waals surface area contributed by atoms with Crippen molar-refractivity contribution in [2.24, 2.45) is 0 Å². The molecule has 1 fully saturated rings. The van der Waals surface area contributed by atoms with Crippen molar-refractivity contribution in [2.45, 2.75) is 23.8 Å². The van der Waals surface area contributed by atoms with Crippen LogP contribution >= 0.6 is 0 Å². The average Bonchev–Trinajstić information content (AvgIpc) is 2.63. The maximum absolute atomic E-state index is 13.2. The molecule has 0 aromatic heterocycles. The molecule has 0 aliphatic carbocycles. The Balaban J connectivity index is 2.02. The summed E-state index contributed by atoms with van der Waals surface area (Å²) < 4.78 is 28.0. The van der Waals surface area contributed by atoms with Crippen molar-refractivity contribution in [3.63, 3.8) is 0 Å². The smallest absolute Gasteiger partial charge is 0.269 e. The Bertz CT molecular complexity index is 832. The second-order valence-electron chi connectivity index (χ2n) is 5.87. The Morgan fingerprint density at radius 1 is 1.00 bits per heavy atom. The molecule has 0 spiro atoms. The fourth-order valence-electron chi connectivity index (χ4n) is 3.02. The number of sulfonamides is 1. The first-order valence-electron chi connectivity index (χ1n) is 8.05. The molecule has 0 atom stereocenters. The van der Waals surface area contributed by atoms with Gasteiger partial charge >= 0.3 is 0 Å². The fourth-order valence-corrected chi connectivity index (χ4v) is 4.73. The highest BCUT2D eigenvalue weighted by Crippen LogP contribution is 2.29. The summed E-state index contributed by atoms with van der Waals surface area (Å²) in [5.74, 6) is 0. The van der Waals surface area contributed by atoms with Crippen LogP contribution in [0.2, 0.25) is 0 Å². The summed E-state index contributed by atoms with van der Waals surface area (Å²) >= 11 is 0. The van der Waals surface area contributed by atoms with Crippen LogP contribution in [0.5, 0.6) is 0 Å². The molecule has 7 nitrogen and oxygen atoms in total. The normalized spacial score (nSPS) is 15.7. The van der Waals surface area contributed by atoms with E-state index in [2.05, 4.69) is 5.32 Å². The van der Waals surface area contributed by atoms with Gasteiger partial charge in [-0.3, -0.25) is 14.4 Å². The highest BCUT2D eigenvalue weighted by molar-refractivity contribution is 7.92. The minimum absolute atomic E-state index is 0.0560. The monoisotopic (exact) mass is 361 g/mol. The largest absolute Gasteiger partial charge is 0.317 e. The van der Waals surface area contributed by atoms with Crippen LogP contribution in [-0.2, 0) is 10.0 Å².